The van der Waals surface area contributed by atoms with Gasteiger partial charge in [0.1, 0.15) is 3.57 Å². The smallest absolute Gasteiger partial charge is 0.283 e. The van der Waals surface area contributed by atoms with Gasteiger partial charge in [0.05, 0.1) is 15.5 Å². The summed E-state index contributed by atoms with van der Waals surface area (Å²) in [6, 6.07) is 2.51. The third-order valence-corrected chi connectivity index (χ3v) is 2.92. The number of hydrogen-bond acceptors (Lipinski definition) is 3. The number of carbonyl (C=O) groups is 1. The van der Waals surface area contributed by atoms with Gasteiger partial charge in [-0.1, -0.05) is 11.6 Å². The Labute approximate surface area is 97.5 Å². The van der Waals surface area contributed by atoms with E-state index in [1.165, 1.54) is 12.1 Å². The molecule has 1 amide bonds. The minimum atomic E-state index is -0.775. The standard InChI is InChI=1S/C7H4ClIN2O3/c8-3-1-2-4(11(13)14)6(9)5(3)7(10)12/h1-2H,(H2,10,12). The second kappa shape index (κ2) is 4.09. The Morgan fingerprint density at radius 2 is 2.14 bits per heavy atom. The first kappa shape index (κ1) is 11.2. The summed E-state index contributed by atoms with van der Waals surface area (Å²) in [6.45, 7) is 0. The molecule has 1 aromatic rings. The van der Waals surface area contributed by atoms with Crippen LogP contribution in [0.5, 0.6) is 0 Å². The Hall–Kier alpha value is -0.890. The van der Waals surface area contributed by atoms with Gasteiger partial charge in [-0.25, -0.2) is 0 Å². The summed E-state index contributed by atoms with van der Waals surface area (Å²) in [5.41, 5.74) is 4.84. The van der Waals surface area contributed by atoms with Gasteiger partial charge in [0.25, 0.3) is 11.6 Å². The van der Waals surface area contributed by atoms with Gasteiger partial charge < -0.3 is 5.73 Å². The van der Waals surface area contributed by atoms with Crippen LogP contribution in [0.1, 0.15) is 10.4 Å². The Kier molecular flexibility index (Phi) is 3.27. The van der Waals surface area contributed by atoms with Crippen molar-refractivity contribution in [2.45, 2.75) is 0 Å². The first-order chi connectivity index (χ1) is 6.45. The molecule has 74 valence electrons. The van der Waals surface area contributed by atoms with Crippen molar-refractivity contribution in [2.24, 2.45) is 5.73 Å². The molecule has 0 unspecified atom stereocenters. The van der Waals surface area contributed by atoms with Crippen molar-refractivity contribution >= 4 is 45.8 Å². The molecular formula is C7H4ClIN2O3. The first-order valence-corrected chi connectivity index (χ1v) is 4.83. The molecule has 2 N–H and O–H groups in total. The number of nitro benzene ring substituents is 1. The fraction of sp³-hybridized carbons (Fsp3) is 0. The molecule has 0 radical (unpaired) electrons. The molecule has 5 nitrogen and oxygen atoms in total. The Bertz CT molecular complexity index is 422. The number of nitrogens with two attached hydrogens (primary N) is 1. The van der Waals surface area contributed by atoms with Gasteiger partial charge in [-0.15, -0.1) is 0 Å². The Balaban J connectivity index is 3.49. The number of nitrogens with zero attached hydrogens (tertiary/aromatic N) is 1. The average Bonchev–Trinajstić information content (AvgIpc) is 2.02. The molecule has 0 saturated carbocycles. The topological polar surface area (TPSA) is 86.2 Å². The van der Waals surface area contributed by atoms with E-state index in [1.807, 2.05) is 0 Å². The zero-order valence-electron chi connectivity index (χ0n) is 6.66. The summed E-state index contributed by atoms with van der Waals surface area (Å²) in [7, 11) is 0. The van der Waals surface area contributed by atoms with Crippen LogP contribution in [0, 0.1) is 13.7 Å². The zero-order chi connectivity index (χ0) is 10.9. The maximum Gasteiger partial charge on any atom is 0.283 e. The molecule has 0 atom stereocenters. The van der Waals surface area contributed by atoms with Gasteiger partial charge in [0, 0.05) is 6.07 Å². The third-order valence-electron chi connectivity index (χ3n) is 1.51. The number of primary amides is 1. The van der Waals surface area contributed by atoms with Crippen molar-refractivity contribution in [3.05, 3.63) is 36.4 Å². The number of amides is 1. The number of rotatable bonds is 2. The van der Waals surface area contributed by atoms with Crippen LogP contribution in [0.3, 0.4) is 0 Å². The quantitative estimate of drug-likeness (QED) is 0.512. The van der Waals surface area contributed by atoms with E-state index >= 15 is 0 Å². The number of hydrogen-bond donors (Lipinski definition) is 1. The summed E-state index contributed by atoms with van der Waals surface area (Å²) in [6.07, 6.45) is 0. The predicted molar refractivity (Wildman–Crippen MR) is 59.3 cm³/mol. The van der Waals surface area contributed by atoms with E-state index in [0.717, 1.165) is 0 Å². The van der Waals surface area contributed by atoms with Gasteiger partial charge in [0.2, 0.25) is 0 Å². The van der Waals surface area contributed by atoms with Crippen molar-refractivity contribution in [2.75, 3.05) is 0 Å². The molecule has 7 heteroatoms. The molecule has 0 heterocycles. The minimum Gasteiger partial charge on any atom is -0.366 e. The van der Waals surface area contributed by atoms with Crippen LogP contribution in [0.15, 0.2) is 12.1 Å². The molecule has 0 aromatic heterocycles. The van der Waals surface area contributed by atoms with Crippen LogP contribution >= 0.6 is 34.2 Å². The molecule has 0 saturated heterocycles. The summed E-state index contributed by atoms with van der Waals surface area (Å²) in [5, 5.41) is 10.6. The highest BCUT2D eigenvalue weighted by molar-refractivity contribution is 14.1. The van der Waals surface area contributed by atoms with E-state index in [4.69, 9.17) is 17.3 Å². The average molecular weight is 326 g/mol. The second-order valence-electron chi connectivity index (χ2n) is 2.38. The Morgan fingerprint density at radius 3 is 2.57 bits per heavy atom. The molecule has 0 aliphatic rings. The number of benzene rings is 1. The second-order valence-corrected chi connectivity index (χ2v) is 3.86. The van der Waals surface area contributed by atoms with Gasteiger partial charge in [0.15, 0.2) is 0 Å². The first-order valence-electron chi connectivity index (χ1n) is 3.37. The number of nitro groups is 1. The van der Waals surface area contributed by atoms with Gasteiger partial charge >= 0.3 is 0 Å². The highest BCUT2D eigenvalue weighted by Crippen LogP contribution is 2.29. The van der Waals surface area contributed by atoms with Crippen LogP contribution in [-0.4, -0.2) is 10.8 Å². The molecule has 0 fully saturated rings. The molecule has 0 spiro atoms. The normalized spacial score (nSPS) is 9.86. The fourth-order valence-corrected chi connectivity index (χ4v) is 2.25. The molecular weight excluding hydrogens is 322 g/mol. The minimum absolute atomic E-state index is 0.0125. The maximum absolute atomic E-state index is 10.9. The lowest BCUT2D eigenvalue weighted by Gasteiger charge is -2.02. The van der Waals surface area contributed by atoms with Crippen molar-refractivity contribution < 1.29 is 9.72 Å². The largest absolute Gasteiger partial charge is 0.366 e. The van der Waals surface area contributed by atoms with Crippen molar-refractivity contribution in [3.8, 4) is 0 Å². The summed E-state index contributed by atoms with van der Waals surface area (Å²) < 4.78 is 0.160. The predicted octanol–water partition coefficient (Wildman–Crippen LogP) is 1.95. The third kappa shape index (κ3) is 1.95. The van der Waals surface area contributed by atoms with Gasteiger partial charge in [-0.2, -0.15) is 0 Å². The van der Waals surface area contributed by atoms with E-state index in [2.05, 4.69) is 0 Å². The SMILES string of the molecule is NC(=O)c1c(Cl)ccc([N+](=O)[O-])c1I. The van der Waals surface area contributed by atoms with Crippen molar-refractivity contribution in [1.82, 2.24) is 0 Å². The summed E-state index contributed by atoms with van der Waals surface area (Å²) in [4.78, 5) is 20.8. The zero-order valence-corrected chi connectivity index (χ0v) is 9.57. The summed E-state index contributed by atoms with van der Waals surface area (Å²) >= 11 is 7.34. The fourth-order valence-electron chi connectivity index (χ4n) is 0.908. The lowest BCUT2D eigenvalue weighted by atomic mass is 10.2. The summed E-state index contributed by atoms with van der Waals surface area (Å²) in [5.74, 6) is -0.775. The van der Waals surface area contributed by atoms with E-state index in [1.54, 1.807) is 22.6 Å². The van der Waals surface area contributed by atoms with Crippen molar-refractivity contribution in [3.63, 3.8) is 0 Å². The van der Waals surface area contributed by atoms with Crippen LogP contribution in [0.4, 0.5) is 5.69 Å². The van der Waals surface area contributed by atoms with Gasteiger partial charge in [-0.3, -0.25) is 14.9 Å². The van der Waals surface area contributed by atoms with Crippen LogP contribution in [0.25, 0.3) is 0 Å². The molecule has 0 bridgehead atoms. The monoisotopic (exact) mass is 326 g/mol. The van der Waals surface area contributed by atoms with E-state index in [0.29, 0.717) is 0 Å². The van der Waals surface area contributed by atoms with Crippen molar-refractivity contribution in [1.29, 1.82) is 0 Å². The van der Waals surface area contributed by atoms with E-state index < -0.39 is 10.8 Å². The molecule has 1 rings (SSSR count). The maximum atomic E-state index is 10.9. The van der Waals surface area contributed by atoms with E-state index in [9.17, 15) is 14.9 Å². The molecule has 14 heavy (non-hydrogen) atoms. The lowest BCUT2D eigenvalue weighted by molar-refractivity contribution is -0.385. The number of halogens is 2. The van der Waals surface area contributed by atoms with Crippen LogP contribution in [0.2, 0.25) is 5.02 Å². The van der Waals surface area contributed by atoms with Crippen LogP contribution < -0.4 is 5.73 Å². The van der Waals surface area contributed by atoms with Crippen LogP contribution in [-0.2, 0) is 0 Å². The molecule has 0 aliphatic carbocycles. The molecule has 1 aromatic carbocycles. The van der Waals surface area contributed by atoms with Gasteiger partial charge in [-0.05, 0) is 28.7 Å². The highest BCUT2D eigenvalue weighted by Gasteiger charge is 2.20. The highest BCUT2D eigenvalue weighted by atomic mass is 127. The molecule has 0 aliphatic heterocycles. The lowest BCUT2D eigenvalue weighted by Crippen LogP contribution is -2.14. The van der Waals surface area contributed by atoms with E-state index in [-0.39, 0.29) is 19.8 Å². The Morgan fingerprint density at radius 1 is 1.57 bits per heavy atom. The number of carbonyl (C=O) groups excluding carboxylic acids is 1.